The highest BCUT2D eigenvalue weighted by molar-refractivity contribution is 6.03. The molecule has 1 aliphatic carbocycles. The number of amides is 2. The van der Waals surface area contributed by atoms with Crippen molar-refractivity contribution in [2.75, 3.05) is 5.32 Å². The van der Waals surface area contributed by atoms with Crippen LogP contribution in [0.25, 0.3) is 10.9 Å². The second-order valence-corrected chi connectivity index (χ2v) is 7.84. The summed E-state index contributed by atoms with van der Waals surface area (Å²) in [6, 6.07) is 14.1. The standard InChI is InChI=1S/C23H24N4O3/c24-21(28)17-5-1-4-8-20(17)26-22(29)16-11-9-15(10-12-16)13-27-14-25-19-7-3-2-6-18(19)23(27)30/h1-8,14-16H,9-13H2,(H2,24,28)(H,26,29). The van der Waals surface area contributed by atoms with E-state index in [9.17, 15) is 14.4 Å². The summed E-state index contributed by atoms with van der Waals surface area (Å²) in [5, 5.41) is 3.48. The Hall–Kier alpha value is -3.48. The van der Waals surface area contributed by atoms with E-state index in [4.69, 9.17) is 5.73 Å². The maximum atomic E-state index is 12.7. The van der Waals surface area contributed by atoms with Crippen molar-refractivity contribution in [2.24, 2.45) is 17.6 Å². The molecule has 1 aromatic heterocycles. The van der Waals surface area contributed by atoms with E-state index in [2.05, 4.69) is 10.3 Å². The van der Waals surface area contributed by atoms with Gasteiger partial charge in [0, 0.05) is 12.5 Å². The Morgan fingerprint density at radius 3 is 2.50 bits per heavy atom. The van der Waals surface area contributed by atoms with Crippen LogP contribution in [0.1, 0.15) is 36.0 Å². The topological polar surface area (TPSA) is 107 Å². The first kappa shape index (κ1) is 19.8. The average molecular weight is 404 g/mol. The summed E-state index contributed by atoms with van der Waals surface area (Å²) in [7, 11) is 0. The number of nitrogens with one attached hydrogen (secondary N) is 1. The lowest BCUT2D eigenvalue weighted by Crippen LogP contribution is -2.31. The number of para-hydroxylation sites is 2. The molecule has 154 valence electrons. The third-order valence-corrected chi connectivity index (χ3v) is 5.85. The van der Waals surface area contributed by atoms with Gasteiger partial charge in [-0.25, -0.2) is 4.98 Å². The van der Waals surface area contributed by atoms with E-state index < -0.39 is 5.91 Å². The van der Waals surface area contributed by atoms with Gasteiger partial charge in [-0.3, -0.25) is 19.0 Å². The molecule has 0 radical (unpaired) electrons. The fourth-order valence-corrected chi connectivity index (χ4v) is 4.16. The average Bonchev–Trinajstić information content (AvgIpc) is 2.76. The number of hydrogen-bond acceptors (Lipinski definition) is 4. The number of fused-ring (bicyclic) bond motifs is 1. The van der Waals surface area contributed by atoms with Gasteiger partial charge in [0.05, 0.1) is 28.5 Å². The zero-order valence-electron chi connectivity index (χ0n) is 16.6. The molecular formula is C23H24N4O3. The molecular weight excluding hydrogens is 380 g/mol. The lowest BCUT2D eigenvalue weighted by atomic mass is 9.81. The molecule has 30 heavy (non-hydrogen) atoms. The molecule has 2 aromatic carbocycles. The summed E-state index contributed by atoms with van der Waals surface area (Å²) >= 11 is 0. The Labute approximate surface area is 173 Å². The van der Waals surface area contributed by atoms with Crippen molar-refractivity contribution in [3.63, 3.8) is 0 Å². The minimum atomic E-state index is -0.566. The zero-order chi connectivity index (χ0) is 21.1. The van der Waals surface area contributed by atoms with Crippen LogP contribution < -0.4 is 16.6 Å². The summed E-state index contributed by atoms with van der Waals surface area (Å²) in [5.41, 5.74) is 6.82. The van der Waals surface area contributed by atoms with Crippen molar-refractivity contribution in [1.82, 2.24) is 9.55 Å². The number of rotatable bonds is 5. The van der Waals surface area contributed by atoms with E-state index in [-0.39, 0.29) is 17.4 Å². The van der Waals surface area contributed by atoms with Crippen molar-refractivity contribution >= 4 is 28.4 Å². The van der Waals surface area contributed by atoms with Gasteiger partial charge in [0.25, 0.3) is 11.5 Å². The summed E-state index contributed by atoms with van der Waals surface area (Å²) in [6.45, 7) is 0.607. The molecule has 1 aliphatic rings. The quantitative estimate of drug-likeness (QED) is 0.682. The van der Waals surface area contributed by atoms with Crippen LogP contribution in [0.15, 0.2) is 59.7 Å². The van der Waals surface area contributed by atoms with Crippen LogP contribution in [0.5, 0.6) is 0 Å². The first-order chi connectivity index (χ1) is 14.5. The molecule has 0 bridgehead atoms. The predicted octanol–water partition coefficient (Wildman–Crippen LogP) is 2.94. The Balaban J connectivity index is 1.37. The van der Waals surface area contributed by atoms with Crippen LogP contribution in [0.2, 0.25) is 0 Å². The molecule has 7 heteroatoms. The Kier molecular flexibility index (Phi) is 5.61. The van der Waals surface area contributed by atoms with Gasteiger partial charge in [-0.2, -0.15) is 0 Å². The third-order valence-electron chi connectivity index (χ3n) is 5.85. The highest BCUT2D eigenvalue weighted by Crippen LogP contribution is 2.31. The predicted molar refractivity (Wildman–Crippen MR) is 115 cm³/mol. The van der Waals surface area contributed by atoms with Crippen molar-refractivity contribution in [1.29, 1.82) is 0 Å². The Morgan fingerprint density at radius 2 is 1.73 bits per heavy atom. The van der Waals surface area contributed by atoms with E-state index >= 15 is 0 Å². The maximum absolute atomic E-state index is 12.7. The zero-order valence-corrected chi connectivity index (χ0v) is 16.6. The van der Waals surface area contributed by atoms with Gasteiger partial charge in [-0.05, 0) is 55.9 Å². The lowest BCUT2D eigenvalue weighted by molar-refractivity contribution is -0.121. The number of primary amides is 1. The number of nitrogens with two attached hydrogens (primary N) is 1. The molecule has 2 amide bonds. The van der Waals surface area contributed by atoms with Crippen LogP contribution in [-0.2, 0) is 11.3 Å². The highest BCUT2D eigenvalue weighted by atomic mass is 16.2. The second kappa shape index (κ2) is 8.49. The van der Waals surface area contributed by atoms with Gasteiger partial charge in [-0.15, -0.1) is 0 Å². The minimum absolute atomic E-state index is 0.0245. The summed E-state index contributed by atoms with van der Waals surface area (Å²) in [5.74, 6) is -0.447. The molecule has 0 spiro atoms. The molecule has 1 fully saturated rings. The molecule has 0 saturated heterocycles. The molecule has 1 heterocycles. The number of carbonyl (C=O) groups excluding carboxylic acids is 2. The Morgan fingerprint density at radius 1 is 1.03 bits per heavy atom. The van der Waals surface area contributed by atoms with Gasteiger partial charge < -0.3 is 11.1 Å². The van der Waals surface area contributed by atoms with Crippen molar-refractivity contribution < 1.29 is 9.59 Å². The molecule has 0 aliphatic heterocycles. The number of nitrogens with zero attached hydrogens (tertiary/aromatic N) is 2. The smallest absolute Gasteiger partial charge is 0.261 e. The van der Waals surface area contributed by atoms with E-state index in [0.717, 1.165) is 25.7 Å². The van der Waals surface area contributed by atoms with E-state index in [1.54, 1.807) is 41.2 Å². The van der Waals surface area contributed by atoms with E-state index in [1.807, 2.05) is 18.2 Å². The van der Waals surface area contributed by atoms with Crippen LogP contribution in [0.3, 0.4) is 0 Å². The Bertz CT molecular complexity index is 1150. The van der Waals surface area contributed by atoms with Gasteiger partial charge in [-0.1, -0.05) is 24.3 Å². The van der Waals surface area contributed by atoms with Crippen molar-refractivity contribution in [2.45, 2.75) is 32.2 Å². The third kappa shape index (κ3) is 4.10. The molecule has 3 aromatic rings. The maximum Gasteiger partial charge on any atom is 0.261 e. The molecule has 0 atom stereocenters. The van der Waals surface area contributed by atoms with Crippen LogP contribution in [-0.4, -0.2) is 21.4 Å². The van der Waals surface area contributed by atoms with Gasteiger partial charge in [0.2, 0.25) is 5.91 Å². The normalized spacial score (nSPS) is 18.8. The fraction of sp³-hybridized carbons (Fsp3) is 0.304. The number of aromatic nitrogens is 2. The number of carbonyl (C=O) groups is 2. The highest BCUT2D eigenvalue weighted by Gasteiger charge is 2.27. The SMILES string of the molecule is NC(=O)c1ccccc1NC(=O)C1CCC(Cn2cnc3ccccc3c2=O)CC1. The van der Waals surface area contributed by atoms with Crippen LogP contribution in [0.4, 0.5) is 5.69 Å². The first-order valence-corrected chi connectivity index (χ1v) is 10.2. The molecule has 0 unspecified atom stereocenters. The summed E-state index contributed by atoms with van der Waals surface area (Å²) in [4.78, 5) is 41.3. The summed E-state index contributed by atoms with van der Waals surface area (Å²) < 4.78 is 1.68. The summed E-state index contributed by atoms with van der Waals surface area (Å²) in [6.07, 6.45) is 4.81. The number of benzene rings is 2. The van der Waals surface area contributed by atoms with Gasteiger partial charge in [0.15, 0.2) is 0 Å². The van der Waals surface area contributed by atoms with E-state index in [0.29, 0.717) is 34.6 Å². The number of anilines is 1. The van der Waals surface area contributed by atoms with E-state index in [1.165, 1.54) is 0 Å². The van der Waals surface area contributed by atoms with Gasteiger partial charge >= 0.3 is 0 Å². The van der Waals surface area contributed by atoms with Crippen LogP contribution in [0, 0.1) is 11.8 Å². The molecule has 1 saturated carbocycles. The van der Waals surface area contributed by atoms with Gasteiger partial charge in [0.1, 0.15) is 0 Å². The molecule has 4 rings (SSSR count). The molecule has 7 nitrogen and oxygen atoms in total. The second-order valence-electron chi connectivity index (χ2n) is 7.84. The number of hydrogen-bond donors (Lipinski definition) is 2. The monoisotopic (exact) mass is 404 g/mol. The lowest BCUT2D eigenvalue weighted by Gasteiger charge is -2.28. The van der Waals surface area contributed by atoms with Crippen molar-refractivity contribution in [3.05, 3.63) is 70.8 Å². The fourth-order valence-electron chi connectivity index (χ4n) is 4.16. The first-order valence-electron chi connectivity index (χ1n) is 10.2. The minimum Gasteiger partial charge on any atom is -0.366 e. The van der Waals surface area contributed by atoms with Crippen molar-refractivity contribution in [3.8, 4) is 0 Å². The van der Waals surface area contributed by atoms with Crippen LogP contribution >= 0.6 is 0 Å². The largest absolute Gasteiger partial charge is 0.366 e. The molecule has 3 N–H and O–H groups in total.